The monoisotopic (exact) mass is 370 g/mol. The van der Waals surface area contributed by atoms with Crippen molar-refractivity contribution in [3.8, 4) is 11.5 Å². The lowest BCUT2D eigenvalue weighted by molar-refractivity contribution is 0.479. The van der Waals surface area contributed by atoms with Crippen molar-refractivity contribution in [1.29, 1.82) is 0 Å². The molecule has 0 amide bonds. The number of aryl methyl sites for hydroxylation is 2. The number of ether oxygens (including phenoxy) is 1. The van der Waals surface area contributed by atoms with Crippen LogP contribution >= 0.6 is 0 Å². The first kappa shape index (κ1) is 18.2. The predicted molar refractivity (Wildman–Crippen MR) is 92.3 cm³/mol. The summed E-state index contributed by atoms with van der Waals surface area (Å²) in [7, 11) is -7.52. The fourth-order valence-electron chi connectivity index (χ4n) is 2.08. The molecule has 0 aromatic heterocycles. The van der Waals surface area contributed by atoms with Gasteiger partial charge in [0.15, 0.2) is 5.75 Å². The molecule has 0 radical (unpaired) electrons. The van der Waals surface area contributed by atoms with E-state index < -0.39 is 20.0 Å². The summed E-state index contributed by atoms with van der Waals surface area (Å²) in [5, 5.41) is 5.12. The molecule has 0 aliphatic heterocycles. The molecule has 0 aliphatic rings. The Bertz CT molecular complexity index is 983. The quantitative estimate of drug-likeness (QED) is 0.836. The van der Waals surface area contributed by atoms with Crippen LogP contribution in [0.25, 0.3) is 0 Å². The van der Waals surface area contributed by atoms with Crippen LogP contribution in [0.15, 0.2) is 41.3 Å². The average molecular weight is 370 g/mol. The summed E-state index contributed by atoms with van der Waals surface area (Å²) < 4.78 is 54.1. The summed E-state index contributed by atoms with van der Waals surface area (Å²) in [6.07, 6.45) is 0.988. The summed E-state index contributed by atoms with van der Waals surface area (Å²) in [6.45, 7) is 3.75. The molecule has 9 heteroatoms. The van der Waals surface area contributed by atoms with Gasteiger partial charge < -0.3 is 4.74 Å². The highest BCUT2D eigenvalue weighted by Gasteiger charge is 2.16. The lowest BCUT2D eigenvalue weighted by atomic mass is 10.1. The zero-order chi connectivity index (χ0) is 18.1. The van der Waals surface area contributed by atoms with Gasteiger partial charge in [0.25, 0.3) is 0 Å². The molecule has 0 atom stereocenters. The molecule has 0 spiro atoms. The number of nitrogens with one attached hydrogen (secondary N) is 1. The SMILES string of the molecule is Cc1ccc(Oc2cc(S(N)(=O)=O)ccc2NS(C)(=O)=O)c(C)c1. The Morgan fingerprint density at radius 2 is 1.62 bits per heavy atom. The second-order valence-corrected chi connectivity index (χ2v) is 8.76. The van der Waals surface area contributed by atoms with Crippen molar-refractivity contribution in [1.82, 2.24) is 0 Å². The van der Waals surface area contributed by atoms with Crippen molar-refractivity contribution in [3.63, 3.8) is 0 Å². The van der Waals surface area contributed by atoms with Gasteiger partial charge in [-0.15, -0.1) is 0 Å². The van der Waals surface area contributed by atoms with Gasteiger partial charge in [0.05, 0.1) is 16.8 Å². The largest absolute Gasteiger partial charge is 0.455 e. The first-order valence-electron chi connectivity index (χ1n) is 6.85. The molecule has 24 heavy (non-hydrogen) atoms. The lowest BCUT2D eigenvalue weighted by Gasteiger charge is -2.15. The molecule has 0 fully saturated rings. The molecule has 0 saturated carbocycles. The second kappa shape index (κ2) is 6.42. The third kappa shape index (κ3) is 4.70. The number of rotatable bonds is 5. The van der Waals surface area contributed by atoms with Crippen molar-refractivity contribution >= 4 is 25.7 Å². The predicted octanol–water partition coefficient (Wildman–Crippen LogP) is 2.11. The van der Waals surface area contributed by atoms with Crippen molar-refractivity contribution in [2.75, 3.05) is 11.0 Å². The van der Waals surface area contributed by atoms with E-state index in [1.54, 1.807) is 6.07 Å². The molecule has 7 nitrogen and oxygen atoms in total. The normalized spacial score (nSPS) is 12.0. The molecule has 0 unspecified atom stereocenters. The van der Waals surface area contributed by atoms with Crippen LogP contribution in [0.3, 0.4) is 0 Å². The number of sulfonamides is 2. The van der Waals surface area contributed by atoms with E-state index in [0.29, 0.717) is 5.75 Å². The van der Waals surface area contributed by atoms with Gasteiger partial charge in [-0.1, -0.05) is 17.7 Å². The molecule has 2 aromatic carbocycles. The van der Waals surface area contributed by atoms with Crippen LogP contribution in [0.1, 0.15) is 11.1 Å². The summed E-state index contributed by atoms with van der Waals surface area (Å²) in [6, 6.07) is 9.12. The van der Waals surface area contributed by atoms with Gasteiger partial charge in [-0.3, -0.25) is 4.72 Å². The molecule has 3 N–H and O–H groups in total. The van der Waals surface area contributed by atoms with Crippen LogP contribution in [0.4, 0.5) is 5.69 Å². The maximum Gasteiger partial charge on any atom is 0.238 e. The minimum absolute atomic E-state index is 0.0407. The summed E-state index contributed by atoms with van der Waals surface area (Å²) >= 11 is 0. The molecule has 130 valence electrons. The fraction of sp³-hybridized carbons (Fsp3) is 0.200. The highest BCUT2D eigenvalue weighted by atomic mass is 32.2. The zero-order valence-electron chi connectivity index (χ0n) is 13.4. The summed E-state index contributed by atoms with van der Waals surface area (Å²) in [5.41, 5.74) is 1.97. The van der Waals surface area contributed by atoms with Crippen LogP contribution in [-0.2, 0) is 20.0 Å². The molecule has 0 saturated heterocycles. The third-order valence-electron chi connectivity index (χ3n) is 3.13. The van der Waals surface area contributed by atoms with Crippen molar-refractivity contribution in [2.24, 2.45) is 5.14 Å². The van der Waals surface area contributed by atoms with E-state index in [2.05, 4.69) is 4.72 Å². The smallest absolute Gasteiger partial charge is 0.238 e. The molecule has 2 rings (SSSR count). The maximum atomic E-state index is 11.5. The minimum atomic E-state index is -3.95. The highest BCUT2D eigenvalue weighted by Crippen LogP contribution is 2.34. The van der Waals surface area contributed by atoms with E-state index >= 15 is 0 Å². The van der Waals surface area contributed by atoms with Gasteiger partial charge in [0.2, 0.25) is 20.0 Å². The lowest BCUT2D eigenvalue weighted by Crippen LogP contribution is -2.14. The van der Waals surface area contributed by atoms with Crippen molar-refractivity contribution < 1.29 is 21.6 Å². The summed E-state index contributed by atoms with van der Waals surface area (Å²) in [4.78, 5) is -0.179. The Labute approximate surface area is 141 Å². The van der Waals surface area contributed by atoms with Gasteiger partial charge in [0.1, 0.15) is 5.75 Å². The van der Waals surface area contributed by atoms with Crippen LogP contribution in [-0.4, -0.2) is 23.1 Å². The van der Waals surface area contributed by atoms with Crippen LogP contribution in [0.5, 0.6) is 11.5 Å². The van der Waals surface area contributed by atoms with E-state index in [-0.39, 0.29) is 16.3 Å². The number of hydrogen-bond donors (Lipinski definition) is 2. The minimum Gasteiger partial charge on any atom is -0.455 e. The number of hydrogen-bond acceptors (Lipinski definition) is 5. The van der Waals surface area contributed by atoms with Crippen LogP contribution < -0.4 is 14.6 Å². The van der Waals surface area contributed by atoms with E-state index in [0.717, 1.165) is 17.4 Å². The number of benzene rings is 2. The van der Waals surface area contributed by atoms with E-state index in [1.807, 2.05) is 26.0 Å². The third-order valence-corrected chi connectivity index (χ3v) is 4.63. The molecule has 2 aromatic rings. The number of anilines is 1. The molecular formula is C15H18N2O5S2. The maximum absolute atomic E-state index is 11.5. The van der Waals surface area contributed by atoms with Gasteiger partial charge in [-0.25, -0.2) is 22.0 Å². The molecular weight excluding hydrogens is 352 g/mol. The first-order valence-corrected chi connectivity index (χ1v) is 10.3. The molecule has 0 aliphatic carbocycles. The van der Waals surface area contributed by atoms with E-state index in [1.165, 1.54) is 18.2 Å². The Morgan fingerprint density at radius 1 is 0.958 bits per heavy atom. The number of primary sulfonamides is 1. The Kier molecular flexibility index (Phi) is 4.88. The topological polar surface area (TPSA) is 116 Å². The Hall–Kier alpha value is -2.10. The van der Waals surface area contributed by atoms with Gasteiger partial charge >= 0.3 is 0 Å². The molecule has 0 heterocycles. The number of nitrogens with two attached hydrogens (primary N) is 1. The average Bonchev–Trinajstić information content (AvgIpc) is 2.40. The summed E-state index contributed by atoms with van der Waals surface area (Å²) in [5.74, 6) is 0.516. The first-order chi connectivity index (χ1) is 11.0. The second-order valence-electron chi connectivity index (χ2n) is 5.45. The zero-order valence-corrected chi connectivity index (χ0v) is 15.0. The van der Waals surface area contributed by atoms with Crippen LogP contribution in [0, 0.1) is 13.8 Å². The van der Waals surface area contributed by atoms with E-state index in [9.17, 15) is 16.8 Å². The van der Waals surface area contributed by atoms with Crippen molar-refractivity contribution in [2.45, 2.75) is 18.7 Å². The Morgan fingerprint density at radius 3 is 2.17 bits per heavy atom. The molecule has 0 bridgehead atoms. The van der Waals surface area contributed by atoms with Gasteiger partial charge in [-0.2, -0.15) is 0 Å². The Balaban J connectivity index is 2.54. The highest BCUT2D eigenvalue weighted by molar-refractivity contribution is 7.92. The van der Waals surface area contributed by atoms with Gasteiger partial charge in [-0.05, 0) is 37.6 Å². The standard InChI is InChI=1S/C15H18N2O5S2/c1-10-4-7-14(11(2)8-10)22-15-9-12(24(16,20)21)5-6-13(15)17-23(3,18)19/h4-9,17H,1-3H3,(H2,16,20,21). The van der Waals surface area contributed by atoms with Crippen molar-refractivity contribution in [3.05, 3.63) is 47.5 Å². The van der Waals surface area contributed by atoms with Gasteiger partial charge in [0, 0.05) is 6.07 Å². The van der Waals surface area contributed by atoms with E-state index in [4.69, 9.17) is 9.88 Å². The van der Waals surface area contributed by atoms with Crippen LogP contribution in [0.2, 0.25) is 0 Å². The fourth-order valence-corrected chi connectivity index (χ4v) is 3.18.